The molecule has 0 spiro atoms. The van der Waals surface area contributed by atoms with Gasteiger partial charge in [-0.25, -0.2) is 4.79 Å². The van der Waals surface area contributed by atoms with Gasteiger partial charge >= 0.3 is 11.9 Å². The van der Waals surface area contributed by atoms with Gasteiger partial charge in [0.05, 0.1) is 6.04 Å². The number of carbonyl (C=O) groups excluding carboxylic acids is 3. The third-order valence-corrected chi connectivity index (χ3v) is 6.89. The van der Waals surface area contributed by atoms with Gasteiger partial charge in [-0.3, -0.25) is 19.2 Å². The largest absolute Gasteiger partial charge is 0.508 e. The van der Waals surface area contributed by atoms with Crippen molar-refractivity contribution in [2.75, 3.05) is 12.0 Å². The fourth-order valence-electron chi connectivity index (χ4n) is 3.91. The summed E-state index contributed by atoms with van der Waals surface area (Å²) in [6.45, 7) is 0. The van der Waals surface area contributed by atoms with E-state index in [0.717, 1.165) is 0 Å². The zero-order valence-electron chi connectivity index (χ0n) is 23.0. The van der Waals surface area contributed by atoms with Gasteiger partial charge in [-0.05, 0) is 66.7 Å². The first-order valence-electron chi connectivity index (χ1n) is 13.1. The molecular formula is C28H36N4O9S. The van der Waals surface area contributed by atoms with Crippen molar-refractivity contribution in [1.29, 1.82) is 0 Å². The predicted octanol–water partition coefficient (Wildman–Crippen LogP) is 0.367. The fraction of sp³-hybridized carbons (Fsp3) is 0.393. The molecule has 0 fully saturated rings. The molecule has 0 aromatic heterocycles. The minimum absolute atomic E-state index is 0.0180. The lowest BCUT2D eigenvalue weighted by molar-refractivity contribution is -0.143. The first-order valence-corrected chi connectivity index (χ1v) is 14.4. The first kappa shape index (κ1) is 33.9. The van der Waals surface area contributed by atoms with Crippen LogP contribution < -0.4 is 21.7 Å². The van der Waals surface area contributed by atoms with Crippen molar-refractivity contribution in [3.8, 4) is 11.5 Å². The van der Waals surface area contributed by atoms with Gasteiger partial charge in [0.25, 0.3) is 0 Å². The SMILES string of the molecule is CSCCC(NC(=O)C(N)Cc1ccc(O)cc1)C(=O)NC(CCC(=O)O)C(=O)NC(Cc1ccc(O)cc1)C(=O)O. The second-order valence-corrected chi connectivity index (χ2v) is 10.6. The molecule has 0 heterocycles. The third kappa shape index (κ3) is 11.7. The van der Waals surface area contributed by atoms with Crippen molar-refractivity contribution in [3.05, 3.63) is 59.7 Å². The van der Waals surface area contributed by atoms with Gasteiger partial charge in [-0.15, -0.1) is 0 Å². The predicted molar refractivity (Wildman–Crippen MR) is 155 cm³/mol. The Morgan fingerprint density at radius 3 is 1.64 bits per heavy atom. The van der Waals surface area contributed by atoms with Gasteiger partial charge in [0.15, 0.2) is 0 Å². The molecule has 42 heavy (non-hydrogen) atoms. The standard InChI is InChI=1S/C28H36N4O9S/c1-42-13-12-22(30-25(37)20(29)14-16-2-6-18(33)7-3-16)27(39)31-21(10-11-24(35)36)26(38)32-23(28(40)41)15-17-4-8-19(34)9-5-17/h2-9,20-23,33-34H,10-15,29H2,1H3,(H,30,37)(H,31,39)(H,32,38)(H,35,36)(H,40,41). The Labute approximate surface area is 246 Å². The smallest absolute Gasteiger partial charge is 0.326 e. The highest BCUT2D eigenvalue weighted by Gasteiger charge is 2.30. The number of nitrogens with one attached hydrogen (secondary N) is 3. The summed E-state index contributed by atoms with van der Waals surface area (Å²) in [4.78, 5) is 62.2. The van der Waals surface area contributed by atoms with Crippen LogP contribution in [-0.4, -0.2) is 86.3 Å². The van der Waals surface area contributed by atoms with Gasteiger partial charge in [-0.2, -0.15) is 11.8 Å². The monoisotopic (exact) mass is 604 g/mol. The van der Waals surface area contributed by atoms with E-state index in [-0.39, 0.29) is 37.2 Å². The highest BCUT2D eigenvalue weighted by Crippen LogP contribution is 2.13. The fourth-order valence-corrected chi connectivity index (χ4v) is 4.38. The van der Waals surface area contributed by atoms with Gasteiger partial charge < -0.3 is 42.1 Å². The molecule has 0 bridgehead atoms. The van der Waals surface area contributed by atoms with E-state index in [2.05, 4.69) is 16.0 Å². The zero-order chi connectivity index (χ0) is 31.2. The summed E-state index contributed by atoms with van der Waals surface area (Å²) < 4.78 is 0. The number of phenols is 2. The van der Waals surface area contributed by atoms with Gasteiger partial charge in [-0.1, -0.05) is 24.3 Å². The van der Waals surface area contributed by atoms with Crippen LogP contribution in [0.25, 0.3) is 0 Å². The van der Waals surface area contributed by atoms with E-state index in [1.807, 2.05) is 0 Å². The maximum Gasteiger partial charge on any atom is 0.326 e. The molecule has 0 aliphatic heterocycles. The van der Waals surface area contributed by atoms with Gasteiger partial charge in [0.2, 0.25) is 17.7 Å². The minimum atomic E-state index is -1.41. The van der Waals surface area contributed by atoms with Crippen LogP contribution in [0.4, 0.5) is 0 Å². The van der Waals surface area contributed by atoms with Crippen molar-refractivity contribution < 1.29 is 44.4 Å². The molecule has 0 saturated heterocycles. The summed E-state index contributed by atoms with van der Waals surface area (Å²) in [6, 6.07) is 6.90. The van der Waals surface area contributed by atoms with Crippen molar-refractivity contribution in [2.45, 2.75) is 56.3 Å². The van der Waals surface area contributed by atoms with E-state index in [9.17, 15) is 39.3 Å². The van der Waals surface area contributed by atoms with Crippen LogP contribution in [0.1, 0.15) is 30.4 Å². The number of aromatic hydroxyl groups is 2. The molecule has 4 atom stereocenters. The molecule has 0 aliphatic carbocycles. The van der Waals surface area contributed by atoms with Crippen LogP contribution in [0.2, 0.25) is 0 Å². The number of benzene rings is 2. The second kappa shape index (κ2) is 16.8. The Bertz CT molecular complexity index is 1220. The third-order valence-electron chi connectivity index (χ3n) is 6.24. The lowest BCUT2D eigenvalue weighted by Crippen LogP contribution is -2.57. The molecule has 4 unspecified atom stereocenters. The molecular weight excluding hydrogens is 568 g/mol. The molecule has 2 rings (SSSR count). The average molecular weight is 605 g/mol. The van der Waals surface area contributed by atoms with Crippen molar-refractivity contribution in [2.24, 2.45) is 5.73 Å². The van der Waals surface area contributed by atoms with Crippen molar-refractivity contribution >= 4 is 41.4 Å². The molecule has 14 heteroatoms. The quantitative estimate of drug-likeness (QED) is 0.123. The van der Waals surface area contributed by atoms with Crippen LogP contribution >= 0.6 is 11.8 Å². The number of carboxylic acids is 2. The number of aliphatic carboxylic acids is 2. The van der Waals surface area contributed by atoms with Gasteiger partial charge in [0.1, 0.15) is 29.6 Å². The first-order chi connectivity index (χ1) is 19.9. The van der Waals surface area contributed by atoms with Crippen LogP contribution in [0.5, 0.6) is 11.5 Å². The Morgan fingerprint density at radius 2 is 1.17 bits per heavy atom. The molecule has 228 valence electrons. The molecule has 2 aromatic carbocycles. The van der Waals surface area contributed by atoms with Crippen LogP contribution in [0.15, 0.2) is 48.5 Å². The van der Waals surface area contributed by atoms with E-state index >= 15 is 0 Å². The van der Waals surface area contributed by atoms with Crippen LogP contribution in [0.3, 0.4) is 0 Å². The Balaban J connectivity index is 2.14. The number of amides is 3. The molecule has 2 aromatic rings. The van der Waals surface area contributed by atoms with E-state index in [0.29, 0.717) is 16.9 Å². The summed E-state index contributed by atoms with van der Waals surface area (Å²) in [5, 5.41) is 45.1. The molecule has 0 saturated carbocycles. The van der Waals surface area contributed by atoms with Crippen LogP contribution in [0, 0.1) is 0 Å². The van der Waals surface area contributed by atoms with Crippen molar-refractivity contribution in [1.82, 2.24) is 16.0 Å². The second-order valence-electron chi connectivity index (χ2n) is 9.58. The summed E-state index contributed by atoms with van der Waals surface area (Å²) in [6.07, 6.45) is 1.15. The van der Waals surface area contributed by atoms with E-state index in [4.69, 9.17) is 10.8 Å². The number of carbonyl (C=O) groups is 5. The summed E-state index contributed by atoms with van der Waals surface area (Å²) in [7, 11) is 0. The molecule has 3 amide bonds. The van der Waals surface area contributed by atoms with Gasteiger partial charge in [0, 0.05) is 12.8 Å². The average Bonchev–Trinajstić information content (AvgIpc) is 2.94. The maximum absolute atomic E-state index is 13.2. The maximum atomic E-state index is 13.2. The zero-order valence-corrected chi connectivity index (χ0v) is 23.8. The molecule has 9 N–H and O–H groups in total. The number of thioether (sulfide) groups is 1. The highest BCUT2D eigenvalue weighted by molar-refractivity contribution is 7.98. The summed E-state index contributed by atoms with van der Waals surface area (Å²) in [5.41, 5.74) is 7.23. The highest BCUT2D eigenvalue weighted by atomic mass is 32.2. The molecule has 0 radical (unpaired) electrons. The Morgan fingerprint density at radius 1 is 0.714 bits per heavy atom. The number of phenolic OH excluding ortho intramolecular Hbond substituents is 2. The number of nitrogens with two attached hydrogens (primary N) is 1. The number of hydrogen-bond acceptors (Lipinski definition) is 9. The molecule has 13 nitrogen and oxygen atoms in total. The lowest BCUT2D eigenvalue weighted by Gasteiger charge is -2.25. The van der Waals surface area contributed by atoms with E-state index in [1.165, 1.54) is 48.2 Å². The normalized spacial score (nSPS) is 13.7. The molecule has 0 aliphatic rings. The van der Waals surface area contributed by atoms with Crippen molar-refractivity contribution in [3.63, 3.8) is 0 Å². The number of hydrogen-bond donors (Lipinski definition) is 8. The van der Waals surface area contributed by atoms with E-state index < -0.39 is 60.2 Å². The topological polar surface area (TPSA) is 228 Å². The van der Waals surface area contributed by atoms with E-state index in [1.54, 1.807) is 18.4 Å². The minimum Gasteiger partial charge on any atom is -0.508 e. The Hall–Kier alpha value is -4.30. The lowest BCUT2D eigenvalue weighted by atomic mass is 10.0. The number of carboxylic acid groups (broad SMARTS) is 2. The Kier molecular flexibility index (Phi) is 13.6. The summed E-state index contributed by atoms with van der Waals surface area (Å²) >= 11 is 1.42. The summed E-state index contributed by atoms with van der Waals surface area (Å²) in [5.74, 6) is -4.38. The number of rotatable bonds is 17. The van der Waals surface area contributed by atoms with Crippen LogP contribution in [-0.2, 0) is 36.8 Å².